The minimum atomic E-state index is -0.913. The minimum absolute atomic E-state index is 0.00706. The number of hydrogen-bond donors (Lipinski definition) is 3. The summed E-state index contributed by atoms with van der Waals surface area (Å²) in [5, 5.41) is 21.5. The Bertz CT molecular complexity index is 396. The summed E-state index contributed by atoms with van der Waals surface area (Å²) in [6.45, 7) is 1.04. The molecule has 1 aromatic rings. The number of aliphatic hydroxyl groups is 1. The van der Waals surface area contributed by atoms with Gasteiger partial charge >= 0.3 is 6.09 Å². The number of hydrogen-bond acceptors (Lipinski definition) is 3. The van der Waals surface area contributed by atoms with Crippen LogP contribution in [-0.4, -0.2) is 46.4 Å². The predicted octanol–water partition coefficient (Wildman–Crippen LogP) is 0.889. The van der Waals surface area contributed by atoms with Crippen molar-refractivity contribution < 1.29 is 15.0 Å². The average Bonchev–Trinajstić information content (AvgIpc) is 2.85. The number of carbonyl (C=O) groups is 1. The standard InChI is InChI=1S/C13H18N2O3/c16-9-11-6-12(7-14-11)15(13(17)18)8-10-4-2-1-3-5-10/h1-5,11-12,14,16H,6-9H2,(H,17,18)/t11-,12+/m0/s1. The van der Waals surface area contributed by atoms with Gasteiger partial charge in [0.1, 0.15) is 0 Å². The summed E-state index contributed by atoms with van der Waals surface area (Å²) in [5.74, 6) is 0. The fourth-order valence-electron chi connectivity index (χ4n) is 2.31. The number of amides is 1. The number of carboxylic acid groups (broad SMARTS) is 1. The summed E-state index contributed by atoms with van der Waals surface area (Å²) >= 11 is 0. The molecule has 1 aliphatic rings. The predicted molar refractivity (Wildman–Crippen MR) is 67.3 cm³/mol. The second-order valence-electron chi connectivity index (χ2n) is 4.57. The van der Waals surface area contributed by atoms with Crippen LogP contribution in [0, 0.1) is 0 Å². The lowest BCUT2D eigenvalue weighted by atomic mass is 10.1. The summed E-state index contributed by atoms with van der Waals surface area (Å²) in [5.41, 5.74) is 0.979. The largest absolute Gasteiger partial charge is 0.465 e. The Balaban J connectivity index is 2.03. The number of nitrogens with zero attached hydrogens (tertiary/aromatic N) is 1. The SMILES string of the molecule is O=C(O)N(Cc1ccccc1)[C@H]1CN[C@H](CO)C1. The zero-order valence-electron chi connectivity index (χ0n) is 10.1. The third kappa shape index (κ3) is 3.00. The molecule has 1 heterocycles. The highest BCUT2D eigenvalue weighted by Gasteiger charge is 2.31. The highest BCUT2D eigenvalue weighted by Crippen LogP contribution is 2.16. The molecule has 2 atom stereocenters. The molecule has 3 N–H and O–H groups in total. The molecule has 98 valence electrons. The molecule has 1 saturated heterocycles. The smallest absolute Gasteiger partial charge is 0.407 e. The van der Waals surface area contributed by atoms with Crippen molar-refractivity contribution in [3.63, 3.8) is 0 Å². The lowest BCUT2D eigenvalue weighted by molar-refractivity contribution is 0.123. The van der Waals surface area contributed by atoms with Crippen molar-refractivity contribution in [2.24, 2.45) is 0 Å². The second-order valence-corrected chi connectivity index (χ2v) is 4.57. The van der Waals surface area contributed by atoms with Crippen molar-refractivity contribution in [1.82, 2.24) is 10.2 Å². The highest BCUT2D eigenvalue weighted by molar-refractivity contribution is 5.65. The van der Waals surface area contributed by atoms with Gasteiger partial charge < -0.3 is 15.5 Å². The second kappa shape index (κ2) is 5.84. The Morgan fingerprint density at radius 2 is 2.11 bits per heavy atom. The average molecular weight is 250 g/mol. The summed E-state index contributed by atoms with van der Waals surface area (Å²) in [6.07, 6.45) is -0.250. The highest BCUT2D eigenvalue weighted by atomic mass is 16.4. The lowest BCUT2D eigenvalue weighted by Crippen LogP contribution is -2.40. The van der Waals surface area contributed by atoms with E-state index in [0.717, 1.165) is 5.56 Å². The molecule has 0 spiro atoms. The monoisotopic (exact) mass is 250 g/mol. The normalized spacial score (nSPS) is 22.9. The molecule has 1 aromatic carbocycles. The molecule has 18 heavy (non-hydrogen) atoms. The van der Waals surface area contributed by atoms with Crippen molar-refractivity contribution in [3.8, 4) is 0 Å². The molecule has 5 nitrogen and oxygen atoms in total. The molecule has 1 amide bonds. The van der Waals surface area contributed by atoms with Gasteiger partial charge in [-0.1, -0.05) is 30.3 Å². The van der Waals surface area contributed by atoms with Crippen LogP contribution in [0.5, 0.6) is 0 Å². The molecule has 0 unspecified atom stereocenters. The van der Waals surface area contributed by atoms with Gasteiger partial charge in [0.05, 0.1) is 6.61 Å². The fourth-order valence-corrected chi connectivity index (χ4v) is 2.31. The van der Waals surface area contributed by atoms with Gasteiger partial charge in [-0.25, -0.2) is 4.79 Å². The molecule has 0 saturated carbocycles. The number of nitrogens with one attached hydrogen (secondary N) is 1. The fraction of sp³-hybridized carbons (Fsp3) is 0.462. The molecule has 2 rings (SSSR count). The Hall–Kier alpha value is -1.59. The first-order chi connectivity index (χ1) is 8.70. The molecule has 5 heteroatoms. The Kier molecular flexibility index (Phi) is 4.17. The summed E-state index contributed by atoms with van der Waals surface area (Å²) in [7, 11) is 0. The van der Waals surface area contributed by atoms with E-state index in [0.29, 0.717) is 19.5 Å². The van der Waals surface area contributed by atoms with E-state index in [9.17, 15) is 9.90 Å². The van der Waals surface area contributed by atoms with Crippen LogP contribution < -0.4 is 5.32 Å². The van der Waals surface area contributed by atoms with Gasteiger partial charge in [-0.15, -0.1) is 0 Å². The van der Waals surface area contributed by atoms with Crippen LogP contribution in [0.3, 0.4) is 0 Å². The van der Waals surface area contributed by atoms with E-state index < -0.39 is 6.09 Å². The molecular formula is C13H18N2O3. The minimum Gasteiger partial charge on any atom is -0.465 e. The summed E-state index contributed by atoms with van der Waals surface area (Å²) in [6, 6.07) is 9.49. The van der Waals surface area contributed by atoms with Crippen LogP contribution in [0.2, 0.25) is 0 Å². The van der Waals surface area contributed by atoms with E-state index in [1.807, 2.05) is 30.3 Å². The van der Waals surface area contributed by atoms with Crippen molar-refractivity contribution >= 4 is 6.09 Å². The van der Waals surface area contributed by atoms with Crippen LogP contribution >= 0.6 is 0 Å². The maximum Gasteiger partial charge on any atom is 0.407 e. The van der Waals surface area contributed by atoms with E-state index in [1.165, 1.54) is 4.90 Å². The first-order valence-electron chi connectivity index (χ1n) is 6.08. The van der Waals surface area contributed by atoms with E-state index >= 15 is 0 Å². The van der Waals surface area contributed by atoms with Crippen molar-refractivity contribution in [2.75, 3.05) is 13.2 Å². The summed E-state index contributed by atoms with van der Waals surface area (Å²) in [4.78, 5) is 12.8. The number of rotatable bonds is 4. The molecule has 1 fully saturated rings. The van der Waals surface area contributed by atoms with Crippen LogP contribution in [-0.2, 0) is 6.54 Å². The van der Waals surface area contributed by atoms with Gasteiger partial charge in [-0.2, -0.15) is 0 Å². The van der Waals surface area contributed by atoms with Crippen LogP contribution in [0.25, 0.3) is 0 Å². The van der Waals surface area contributed by atoms with Gasteiger partial charge in [0.15, 0.2) is 0 Å². The molecule has 0 bridgehead atoms. The maximum atomic E-state index is 11.3. The Labute approximate surface area is 106 Å². The number of benzene rings is 1. The molecule has 0 aliphatic carbocycles. The van der Waals surface area contributed by atoms with Crippen molar-refractivity contribution in [1.29, 1.82) is 0 Å². The zero-order chi connectivity index (χ0) is 13.0. The summed E-state index contributed by atoms with van der Waals surface area (Å²) < 4.78 is 0. The maximum absolute atomic E-state index is 11.3. The van der Waals surface area contributed by atoms with Crippen LogP contribution in [0.1, 0.15) is 12.0 Å². The van der Waals surface area contributed by atoms with Gasteiger partial charge in [0.2, 0.25) is 0 Å². The lowest BCUT2D eigenvalue weighted by Gasteiger charge is -2.25. The van der Waals surface area contributed by atoms with Crippen molar-refractivity contribution in [3.05, 3.63) is 35.9 Å². The topological polar surface area (TPSA) is 72.8 Å². The molecule has 0 radical (unpaired) electrons. The molecule has 1 aliphatic heterocycles. The van der Waals surface area contributed by atoms with E-state index in [-0.39, 0.29) is 18.7 Å². The molecular weight excluding hydrogens is 232 g/mol. The van der Waals surface area contributed by atoms with E-state index in [1.54, 1.807) is 0 Å². The molecule has 0 aromatic heterocycles. The van der Waals surface area contributed by atoms with Gasteiger partial charge in [-0.3, -0.25) is 4.90 Å². The first-order valence-corrected chi connectivity index (χ1v) is 6.08. The van der Waals surface area contributed by atoms with E-state index in [4.69, 9.17) is 5.11 Å². The van der Waals surface area contributed by atoms with Crippen LogP contribution in [0.4, 0.5) is 4.79 Å². The Morgan fingerprint density at radius 3 is 2.67 bits per heavy atom. The zero-order valence-corrected chi connectivity index (χ0v) is 10.1. The quantitative estimate of drug-likeness (QED) is 0.742. The van der Waals surface area contributed by atoms with Gasteiger partial charge in [-0.05, 0) is 12.0 Å². The van der Waals surface area contributed by atoms with Gasteiger partial charge in [0, 0.05) is 25.2 Å². The van der Waals surface area contributed by atoms with Crippen LogP contribution in [0.15, 0.2) is 30.3 Å². The third-order valence-electron chi connectivity index (χ3n) is 3.30. The van der Waals surface area contributed by atoms with Crippen molar-refractivity contribution in [2.45, 2.75) is 25.0 Å². The Morgan fingerprint density at radius 1 is 1.39 bits per heavy atom. The first kappa shape index (κ1) is 12.9. The van der Waals surface area contributed by atoms with E-state index in [2.05, 4.69) is 5.32 Å². The third-order valence-corrected chi connectivity index (χ3v) is 3.30. The number of aliphatic hydroxyl groups excluding tert-OH is 1. The van der Waals surface area contributed by atoms with Gasteiger partial charge in [0.25, 0.3) is 0 Å².